The molecular formula is C16H21NO3. The van der Waals surface area contributed by atoms with Crippen LogP contribution in [0.15, 0.2) is 36.4 Å². The van der Waals surface area contributed by atoms with Crippen molar-refractivity contribution in [1.82, 2.24) is 0 Å². The van der Waals surface area contributed by atoms with Crippen molar-refractivity contribution >= 4 is 17.6 Å². The Morgan fingerprint density at radius 2 is 1.75 bits per heavy atom. The van der Waals surface area contributed by atoms with Gasteiger partial charge in [-0.1, -0.05) is 32.1 Å². The van der Waals surface area contributed by atoms with Crippen LogP contribution in [0.3, 0.4) is 0 Å². The van der Waals surface area contributed by atoms with Crippen molar-refractivity contribution < 1.29 is 14.3 Å². The van der Waals surface area contributed by atoms with Gasteiger partial charge >= 0.3 is 5.97 Å². The van der Waals surface area contributed by atoms with Crippen molar-refractivity contribution in [2.75, 3.05) is 5.32 Å². The van der Waals surface area contributed by atoms with Crippen LogP contribution in [0.5, 0.6) is 0 Å². The van der Waals surface area contributed by atoms with Crippen LogP contribution in [-0.2, 0) is 14.3 Å². The summed E-state index contributed by atoms with van der Waals surface area (Å²) in [5.41, 5.74) is 1.89. The van der Waals surface area contributed by atoms with Crippen LogP contribution in [0.1, 0.15) is 39.2 Å². The molecule has 1 aromatic rings. The molecule has 0 saturated heterocycles. The number of esters is 1. The summed E-state index contributed by atoms with van der Waals surface area (Å²) >= 11 is 0. The molecule has 4 nitrogen and oxygen atoms in total. The molecule has 0 aliphatic carbocycles. The van der Waals surface area contributed by atoms with Gasteiger partial charge in [0.25, 0.3) is 5.91 Å². The van der Waals surface area contributed by atoms with Crippen LogP contribution < -0.4 is 5.32 Å². The van der Waals surface area contributed by atoms with Crippen molar-refractivity contribution in [2.45, 2.75) is 39.7 Å². The number of hydrogen-bond acceptors (Lipinski definition) is 3. The Labute approximate surface area is 119 Å². The van der Waals surface area contributed by atoms with Crippen molar-refractivity contribution in [3.8, 4) is 0 Å². The zero-order valence-corrected chi connectivity index (χ0v) is 12.3. The zero-order valence-electron chi connectivity index (χ0n) is 12.3. The minimum absolute atomic E-state index is 0.347. The highest BCUT2D eigenvalue weighted by Gasteiger charge is 2.16. The van der Waals surface area contributed by atoms with E-state index in [1.54, 1.807) is 19.9 Å². The van der Waals surface area contributed by atoms with Crippen LogP contribution >= 0.6 is 0 Å². The van der Waals surface area contributed by atoms with E-state index in [1.807, 2.05) is 24.3 Å². The molecule has 1 N–H and O–H groups in total. The number of amides is 1. The summed E-state index contributed by atoms with van der Waals surface area (Å²) in [6, 6.07) is 7.62. The van der Waals surface area contributed by atoms with Crippen LogP contribution in [0.2, 0.25) is 0 Å². The first-order valence-corrected chi connectivity index (χ1v) is 6.68. The standard InChI is InChI=1S/C16H21NO3/c1-5-6-15(18)20-12(4)16(19)17-14-9-7-13(8-10-14)11(2)3/h5-12H,1-4H3,(H,17,19)/b6-5+/t12-/m1/s1. The Kier molecular flexibility index (Phi) is 5.97. The number of allylic oxidation sites excluding steroid dienone is 1. The number of rotatable bonds is 5. The predicted octanol–water partition coefficient (Wildman–Crippen LogP) is 3.26. The highest BCUT2D eigenvalue weighted by atomic mass is 16.5. The first kappa shape index (κ1) is 16.0. The monoisotopic (exact) mass is 275 g/mol. The molecule has 20 heavy (non-hydrogen) atoms. The number of benzene rings is 1. The average Bonchev–Trinajstić information content (AvgIpc) is 2.39. The Morgan fingerprint density at radius 3 is 2.25 bits per heavy atom. The number of anilines is 1. The lowest BCUT2D eigenvalue weighted by molar-refractivity contribution is -0.148. The second-order valence-corrected chi connectivity index (χ2v) is 4.85. The number of ether oxygens (including phenoxy) is 1. The zero-order chi connectivity index (χ0) is 15.1. The number of carbonyl (C=O) groups excluding carboxylic acids is 2. The van der Waals surface area contributed by atoms with Gasteiger partial charge in [-0.2, -0.15) is 0 Å². The number of hydrogen-bond donors (Lipinski definition) is 1. The summed E-state index contributed by atoms with van der Waals surface area (Å²) in [6.45, 7) is 7.47. The van der Waals surface area contributed by atoms with Gasteiger partial charge < -0.3 is 10.1 Å². The molecule has 4 heteroatoms. The Hall–Kier alpha value is -2.10. The van der Waals surface area contributed by atoms with E-state index in [4.69, 9.17) is 4.74 Å². The lowest BCUT2D eigenvalue weighted by Crippen LogP contribution is -2.29. The third kappa shape index (κ3) is 4.88. The second-order valence-electron chi connectivity index (χ2n) is 4.85. The first-order valence-electron chi connectivity index (χ1n) is 6.68. The molecule has 0 unspecified atom stereocenters. The minimum Gasteiger partial charge on any atom is -0.449 e. The van der Waals surface area contributed by atoms with Gasteiger partial charge in [0.2, 0.25) is 0 Å². The van der Waals surface area contributed by atoms with Crippen LogP contribution in [-0.4, -0.2) is 18.0 Å². The van der Waals surface area contributed by atoms with E-state index >= 15 is 0 Å². The summed E-state index contributed by atoms with van der Waals surface area (Å²) in [5.74, 6) is -0.425. The highest BCUT2D eigenvalue weighted by molar-refractivity contribution is 5.95. The second kappa shape index (κ2) is 7.48. The predicted molar refractivity (Wildman–Crippen MR) is 79.5 cm³/mol. The summed E-state index contributed by atoms with van der Waals surface area (Å²) in [6.07, 6.45) is 2.02. The molecule has 1 atom stereocenters. The molecule has 0 saturated carbocycles. The molecule has 0 fully saturated rings. The fourth-order valence-corrected chi connectivity index (χ4v) is 1.60. The molecule has 108 valence electrons. The molecule has 0 heterocycles. The molecule has 0 bridgehead atoms. The van der Waals surface area contributed by atoms with Crippen molar-refractivity contribution in [2.24, 2.45) is 0 Å². The highest BCUT2D eigenvalue weighted by Crippen LogP contribution is 2.17. The maximum absolute atomic E-state index is 11.9. The smallest absolute Gasteiger partial charge is 0.331 e. The lowest BCUT2D eigenvalue weighted by atomic mass is 10.0. The molecule has 0 aliphatic rings. The van der Waals surface area contributed by atoms with Gasteiger partial charge in [0.1, 0.15) is 0 Å². The van der Waals surface area contributed by atoms with Gasteiger partial charge in [0, 0.05) is 11.8 Å². The van der Waals surface area contributed by atoms with E-state index in [-0.39, 0.29) is 5.91 Å². The Morgan fingerprint density at radius 1 is 1.15 bits per heavy atom. The van der Waals surface area contributed by atoms with Gasteiger partial charge in [0.15, 0.2) is 6.10 Å². The van der Waals surface area contributed by atoms with Gasteiger partial charge in [-0.15, -0.1) is 0 Å². The largest absolute Gasteiger partial charge is 0.449 e. The fourth-order valence-electron chi connectivity index (χ4n) is 1.60. The molecule has 0 spiro atoms. The average molecular weight is 275 g/mol. The van der Waals surface area contributed by atoms with Crippen LogP contribution in [0, 0.1) is 0 Å². The van der Waals surface area contributed by atoms with Gasteiger partial charge in [-0.05, 0) is 37.5 Å². The van der Waals surface area contributed by atoms with Gasteiger partial charge in [0.05, 0.1) is 0 Å². The lowest BCUT2D eigenvalue weighted by Gasteiger charge is -2.13. The van der Waals surface area contributed by atoms with E-state index < -0.39 is 12.1 Å². The maximum Gasteiger partial charge on any atom is 0.331 e. The molecular weight excluding hydrogens is 254 g/mol. The SMILES string of the molecule is C/C=C/C(=O)O[C@H](C)C(=O)Nc1ccc(C(C)C)cc1. The Balaban J connectivity index is 2.59. The molecule has 0 radical (unpaired) electrons. The van der Waals surface area contributed by atoms with E-state index in [9.17, 15) is 9.59 Å². The third-order valence-electron chi connectivity index (χ3n) is 2.81. The Bertz CT molecular complexity index is 489. The molecule has 1 rings (SSSR count). The van der Waals surface area contributed by atoms with Crippen molar-refractivity contribution in [3.05, 3.63) is 42.0 Å². The fraction of sp³-hybridized carbons (Fsp3) is 0.375. The van der Waals surface area contributed by atoms with E-state index in [0.29, 0.717) is 11.6 Å². The van der Waals surface area contributed by atoms with E-state index in [0.717, 1.165) is 0 Å². The topological polar surface area (TPSA) is 55.4 Å². The molecule has 1 aromatic carbocycles. The molecule has 0 aromatic heterocycles. The summed E-state index contributed by atoms with van der Waals surface area (Å²) < 4.78 is 4.95. The van der Waals surface area contributed by atoms with E-state index in [1.165, 1.54) is 11.6 Å². The molecule has 1 amide bonds. The quantitative estimate of drug-likeness (QED) is 0.663. The first-order chi connectivity index (χ1) is 9.43. The van der Waals surface area contributed by atoms with Crippen LogP contribution in [0.25, 0.3) is 0 Å². The summed E-state index contributed by atoms with van der Waals surface area (Å²) in [7, 11) is 0. The van der Waals surface area contributed by atoms with Crippen LogP contribution in [0.4, 0.5) is 5.69 Å². The third-order valence-corrected chi connectivity index (χ3v) is 2.81. The minimum atomic E-state index is -0.830. The number of nitrogens with one attached hydrogen (secondary N) is 1. The van der Waals surface area contributed by atoms with Crippen molar-refractivity contribution in [1.29, 1.82) is 0 Å². The van der Waals surface area contributed by atoms with E-state index in [2.05, 4.69) is 19.2 Å². The summed E-state index contributed by atoms with van der Waals surface area (Å²) in [5, 5.41) is 2.72. The van der Waals surface area contributed by atoms with Gasteiger partial charge in [-0.3, -0.25) is 4.79 Å². The maximum atomic E-state index is 11.9. The normalized spacial score (nSPS) is 12.4. The number of carbonyl (C=O) groups is 2. The van der Waals surface area contributed by atoms with Crippen molar-refractivity contribution in [3.63, 3.8) is 0 Å². The summed E-state index contributed by atoms with van der Waals surface area (Å²) in [4.78, 5) is 23.1. The molecule has 0 aliphatic heterocycles. The van der Waals surface area contributed by atoms with Gasteiger partial charge in [-0.25, -0.2) is 4.79 Å².